The highest BCUT2D eigenvalue weighted by molar-refractivity contribution is 5.98. The van der Waals surface area contributed by atoms with Crippen LogP contribution in [0, 0.1) is 11.8 Å². The topological polar surface area (TPSA) is 69.6 Å². The molecule has 2 aromatic rings. The molecule has 146 valence electrons. The molecule has 2 aromatic carbocycles. The Bertz CT molecular complexity index is 865. The summed E-state index contributed by atoms with van der Waals surface area (Å²) in [5.74, 6) is 0.656. The molecule has 0 spiro atoms. The fraction of sp³-hybridized carbons (Fsp3) is 0.391. The maximum absolute atomic E-state index is 12.6. The molecule has 28 heavy (non-hydrogen) atoms. The summed E-state index contributed by atoms with van der Waals surface area (Å²) in [5, 5.41) is 13.8. The van der Waals surface area contributed by atoms with Crippen LogP contribution >= 0.6 is 0 Å². The number of fused-ring (bicyclic) bond motifs is 1. The van der Waals surface area contributed by atoms with Crippen LogP contribution in [0.25, 0.3) is 0 Å². The molecule has 5 heteroatoms. The first-order valence-electron chi connectivity index (χ1n) is 9.82. The number of nitrogens with zero attached hydrogens (tertiary/aromatic N) is 1. The lowest BCUT2D eigenvalue weighted by Crippen LogP contribution is -2.55. The van der Waals surface area contributed by atoms with Gasteiger partial charge in [0.15, 0.2) is 5.78 Å². The van der Waals surface area contributed by atoms with E-state index in [1.165, 1.54) is 6.92 Å². The van der Waals surface area contributed by atoms with Gasteiger partial charge in [-0.05, 0) is 42.2 Å². The predicted molar refractivity (Wildman–Crippen MR) is 108 cm³/mol. The number of anilines is 1. The number of amides is 1. The van der Waals surface area contributed by atoms with Gasteiger partial charge in [-0.2, -0.15) is 0 Å². The van der Waals surface area contributed by atoms with Crippen LogP contribution in [0.15, 0.2) is 54.6 Å². The Morgan fingerprint density at radius 3 is 2.50 bits per heavy atom. The molecule has 1 amide bonds. The second-order valence-electron chi connectivity index (χ2n) is 8.21. The van der Waals surface area contributed by atoms with Crippen molar-refractivity contribution >= 4 is 17.4 Å². The normalized spacial score (nSPS) is 26.4. The number of aliphatic hydroxyl groups is 1. The first-order chi connectivity index (χ1) is 13.4. The van der Waals surface area contributed by atoms with Crippen molar-refractivity contribution in [3.05, 3.63) is 65.7 Å². The van der Waals surface area contributed by atoms with Crippen molar-refractivity contribution in [1.29, 1.82) is 0 Å². The van der Waals surface area contributed by atoms with Crippen molar-refractivity contribution < 1.29 is 14.7 Å². The van der Waals surface area contributed by atoms with Gasteiger partial charge in [-0.25, -0.2) is 0 Å². The summed E-state index contributed by atoms with van der Waals surface area (Å²) in [6, 6.07) is 17.1. The molecule has 1 heterocycles. The van der Waals surface area contributed by atoms with E-state index in [9.17, 15) is 14.7 Å². The first kappa shape index (κ1) is 18.8. The van der Waals surface area contributed by atoms with Gasteiger partial charge in [0.1, 0.15) is 0 Å². The second kappa shape index (κ2) is 7.49. The number of likely N-dealkylation sites (tertiary alicyclic amines) is 1. The van der Waals surface area contributed by atoms with E-state index in [1.54, 1.807) is 24.3 Å². The quantitative estimate of drug-likeness (QED) is 0.759. The van der Waals surface area contributed by atoms with Crippen LogP contribution in [0.5, 0.6) is 0 Å². The van der Waals surface area contributed by atoms with Crippen molar-refractivity contribution in [2.24, 2.45) is 11.8 Å². The highest BCUT2D eigenvalue weighted by Crippen LogP contribution is 2.50. The minimum atomic E-state index is -0.649. The molecule has 4 rings (SSSR count). The number of benzene rings is 2. The molecule has 2 fully saturated rings. The maximum Gasteiger partial charge on any atom is 0.221 e. The number of carbonyl (C=O) groups is 2. The molecule has 0 radical (unpaired) electrons. The Kier molecular flexibility index (Phi) is 5.04. The molecule has 3 atom stereocenters. The van der Waals surface area contributed by atoms with E-state index < -0.39 is 5.60 Å². The lowest BCUT2D eigenvalue weighted by molar-refractivity contribution is -0.116. The fourth-order valence-electron chi connectivity index (χ4n) is 4.74. The van der Waals surface area contributed by atoms with Crippen molar-refractivity contribution in [3.63, 3.8) is 0 Å². The summed E-state index contributed by atoms with van der Waals surface area (Å²) in [5.41, 5.74) is 1.85. The van der Waals surface area contributed by atoms with Gasteiger partial charge in [0, 0.05) is 43.6 Å². The Labute approximate surface area is 165 Å². The molecular weight excluding hydrogens is 352 g/mol. The average Bonchev–Trinajstić information content (AvgIpc) is 3.00. The Hall–Kier alpha value is -2.50. The van der Waals surface area contributed by atoms with Gasteiger partial charge < -0.3 is 10.4 Å². The van der Waals surface area contributed by atoms with Crippen LogP contribution in [-0.4, -0.2) is 46.9 Å². The Balaban J connectivity index is 1.33. The average molecular weight is 378 g/mol. The van der Waals surface area contributed by atoms with Crippen LogP contribution in [0.3, 0.4) is 0 Å². The van der Waals surface area contributed by atoms with Crippen LogP contribution in [-0.2, 0) is 11.2 Å². The molecule has 1 saturated heterocycles. The molecule has 1 saturated carbocycles. The van der Waals surface area contributed by atoms with E-state index >= 15 is 0 Å². The summed E-state index contributed by atoms with van der Waals surface area (Å²) < 4.78 is 0. The van der Waals surface area contributed by atoms with Gasteiger partial charge >= 0.3 is 0 Å². The smallest absolute Gasteiger partial charge is 0.221 e. The number of carbonyl (C=O) groups excluding carboxylic acids is 2. The SMILES string of the molecule is CC(=O)Nc1ccc(C(=O)CN2C[C@H]3C[C@](O)(Cc4ccccc4)[C@H]3C2)cc1. The third kappa shape index (κ3) is 3.86. The molecule has 5 nitrogen and oxygen atoms in total. The van der Waals surface area contributed by atoms with Gasteiger partial charge in [-0.1, -0.05) is 30.3 Å². The molecular formula is C23H26N2O3. The number of ketones is 1. The molecule has 0 unspecified atom stereocenters. The number of nitrogens with one attached hydrogen (secondary N) is 1. The van der Waals surface area contributed by atoms with E-state index in [4.69, 9.17) is 0 Å². The summed E-state index contributed by atoms with van der Waals surface area (Å²) in [6.07, 6.45) is 1.49. The Morgan fingerprint density at radius 2 is 1.82 bits per heavy atom. The second-order valence-corrected chi connectivity index (χ2v) is 8.21. The van der Waals surface area contributed by atoms with Crippen molar-refractivity contribution in [2.75, 3.05) is 25.0 Å². The summed E-state index contributed by atoms with van der Waals surface area (Å²) in [4.78, 5) is 25.9. The highest BCUT2D eigenvalue weighted by atomic mass is 16.3. The predicted octanol–water partition coefficient (Wildman–Crippen LogP) is 2.75. The van der Waals surface area contributed by atoms with E-state index in [2.05, 4.69) is 22.3 Å². The van der Waals surface area contributed by atoms with Crippen molar-refractivity contribution in [2.45, 2.75) is 25.4 Å². The lowest BCUT2D eigenvalue weighted by atomic mass is 9.61. The van der Waals surface area contributed by atoms with Crippen LogP contribution < -0.4 is 5.32 Å². The number of Topliss-reactive ketones (excluding diaryl/α,β-unsaturated/α-hetero) is 1. The van der Waals surface area contributed by atoms with Crippen LogP contribution in [0.1, 0.15) is 29.3 Å². The number of hydrogen-bond donors (Lipinski definition) is 2. The van der Waals surface area contributed by atoms with E-state index in [-0.39, 0.29) is 17.6 Å². The van der Waals surface area contributed by atoms with E-state index in [1.807, 2.05) is 18.2 Å². The fourth-order valence-corrected chi connectivity index (χ4v) is 4.74. The minimum Gasteiger partial charge on any atom is -0.389 e. The summed E-state index contributed by atoms with van der Waals surface area (Å²) in [6.45, 7) is 3.47. The standard InChI is InChI=1S/C23H26N2O3/c1-16(26)24-20-9-7-18(8-10-20)22(27)15-25-13-19-12-23(28,21(19)14-25)11-17-5-3-2-4-6-17/h2-10,19,21,28H,11-15H2,1H3,(H,24,26)/t19-,21+,23-/m1/s1. The third-order valence-corrected chi connectivity index (χ3v) is 6.07. The zero-order valence-electron chi connectivity index (χ0n) is 16.1. The Morgan fingerprint density at radius 1 is 1.11 bits per heavy atom. The first-order valence-corrected chi connectivity index (χ1v) is 9.82. The van der Waals surface area contributed by atoms with Crippen LogP contribution in [0.4, 0.5) is 5.69 Å². The van der Waals surface area contributed by atoms with Gasteiger partial charge in [-0.3, -0.25) is 14.5 Å². The number of hydrogen-bond acceptors (Lipinski definition) is 4. The van der Waals surface area contributed by atoms with Crippen molar-refractivity contribution in [3.8, 4) is 0 Å². The minimum absolute atomic E-state index is 0.0716. The summed E-state index contributed by atoms with van der Waals surface area (Å²) >= 11 is 0. The zero-order valence-corrected chi connectivity index (χ0v) is 16.1. The highest BCUT2D eigenvalue weighted by Gasteiger charge is 2.56. The van der Waals surface area contributed by atoms with Gasteiger partial charge in [0.25, 0.3) is 0 Å². The molecule has 2 aliphatic rings. The van der Waals surface area contributed by atoms with Crippen LogP contribution in [0.2, 0.25) is 0 Å². The van der Waals surface area contributed by atoms with E-state index in [0.717, 1.165) is 25.1 Å². The molecule has 1 aliphatic carbocycles. The lowest BCUT2D eigenvalue weighted by Gasteiger charge is -2.48. The summed E-state index contributed by atoms with van der Waals surface area (Å²) in [7, 11) is 0. The van der Waals surface area contributed by atoms with Gasteiger partial charge in [0.05, 0.1) is 12.1 Å². The molecule has 2 N–H and O–H groups in total. The molecule has 0 aromatic heterocycles. The molecule has 1 aliphatic heterocycles. The third-order valence-electron chi connectivity index (χ3n) is 6.07. The monoisotopic (exact) mass is 378 g/mol. The van der Waals surface area contributed by atoms with Gasteiger partial charge in [-0.15, -0.1) is 0 Å². The number of rotatable bonds is 6. The molecule has 0 bridgehead atoms. The van der Waals surface area contributed by atoms with Gasteiger partial charge in [0.2, 0.25) is 5.91 Å². The zero-order chi connectivity index (χ0) is 19.7. The van der Waals surface area contributed by atoms with Crippen molar-refractivity contribution in [1.82, 2.24) is 4.90 Å². The maximum atomic E-state index is 12.6. The largest absolute Gasteiger partial charge is 0.389 e. The van der Waals surface area contributed by atoms with E-state index in [0.29, 0.717) is 30.1 Å².